The van der Waals surface area contributed by atoms with E-state index in [1.54, 1.807) is 0 Å². The number of unbranched alkanes of at least 4 members (excludes halogenated alkanes) is 16. The number of hydrogen-bond acceptors (Lipinski definition) is 2. The van der Waals surface area contributed by atoms with Crippen molar-refractivity contribution in [2.45, 2.75) is 161 Å². The van der Waals surface area contributed by atoms with Crippen molar-refractivity contribution in [3.8, 4) is 0 Å². The number of rotatable bonds is 31. The number of ether oxygens (including phenoxy) is 2. The average Bonchev–Trinajstić information content (AvgIpc) is 3.17. The van der Waals surface area contributed by atoms with Gasteiger partial charge >= 0.3 is 0 Å². The Hall–Kier alpha value is -1.52. The summed E-state index contributed by atoms with van der Waals surface area (Å²) >= 11 is 2.76. The SMILES string of the molecule is CCCCCCCCCOC(CCCCC/C=C\CCCc1ccc([P+](I)(c2ccccc2)c2ccccc2)cc1)OCCCCCCCCC. The van der Waals surface area contributed by atoms with Crippen LogP contribution < -0.4 is 15.9 Å². The topological polar surface area (TPSA) is 18.5 Å². The van der Waals surface area contributed by atoms with Gasteiger partial charge in [0.15, 0.2) is 33.2 Å². The van der Waals surface area contributed by atoms with Crippen LogP contribution >= 0.6 is 26.9 Å². The molecule has 0 atom stereocenters. The molecule has 0 radical (unpaired) electrons. The highest BCUT2D eigenvalue weighted by atomic mass is 127. The van der Waals surface area contributed by atoms with Crippen molar-refractivity contribution in [3.05, 3.63) is 103 Å². The predicted octanol–water partition coefficient (Wildman–Crippen LogP) is 14.0. The molecule has 0 aliphatic rings. The Morgan fingerprint density at radius 1 is 0.490 bits per heavy atom. The van der Waals surface area contributed by atoms with E-state index in [0.717, 1.165) is 32.5 Å². The van der Waals surface area contributed by atoms with E-state index in [1.165, 1.54) is 143 Å². The monoisotopic (exact) mass is 825 g/mol. The van der Waals surface area contributed by atoms with E-state index in [0.29, 0.717) is 0 Å². The van der Waals surface area contributed by atoms with Crippen molar-refractivity contribution >= 4 is 42.9 Å². The summed E-state index contributed by atoms with van der Waals surface area (Å²) in [6.45, 7) is 6.28. The first-order chi connectivity index (χ1) is 25.2. The number of hydrogen-bond donors (Lipinski definition) is 0. The molecule has 3 aromatic carbocycles. The average molecular weight is 826 g/mol. The largest absolute Gasteiger partial charge is 0.353 e. The summed E-state index contributed by atoms with van der Waals surface area (Å²) < 4.78 is 12.5. The number of benzene rings is 3. The van der Waals surface area contributed by atoms with Gasteiger partial charge in [-0.1, -0.05) is 158 Å². The summed E-state index contributed by atoms with van der Waals surface area (Å²) in [6.07, 6.45) is 32.7. The zero-order valence-electron chi connectivity index (χ0n) is 32.4. The zero-order chi connectivity index (χ0) is 36.1. The van der Waals surface area contributed by atoms with Gasteiger partial charge < -0.3 is 9.47 Å². The highest BCUT2D eigenvalue weighted by Crippen LogP contribution is 2.63. The fraction of sp³-hybridized carbons (Fsp3) is 0.574. The third-order valence-corrected chi connectivity index (χ3v) is 18.0. The number of aryl methyl sites for hydroxylation is 1. The minimum Gasteiger partial charge on any atom is -0.353 e. The van der Waals surface area contributed by atoms with Gasteiger partial charge in [-0.25, -0.2) is 0 Å². The fourth-order valence-corrected chi connectivity index (χ4v) is 12.3. The number of halogens is 1. The zero-order valence-corrected chi connectivity index (χ0v) is 35.5. The standard InChI is InChI=1S/C47H71IO2P/c1-3-5-7-9-15-19-29-41-49-47(50-42-30-20-16-10-8-6-4-2)36-28-18-14-12-11-13-17-23-31-43-37-39-46(40-38-43)51(48,44-32-24-21-25-33-44)45-34-26-22-27-35-45/h11,13,21-22,24-27,32-35,37-40,47H,3-10,12,14-20,23,28-31,36,41-42H2,1-2H3/q+1/b13-11-. The van der Waals surface area contributed by atoms with E-state index < -0.39 is 4.90 Å². The van der Waals surface area contributed by atoms with Crippen molar-refractivity contribution in [3.63, 3.8) is 0 Å². The molecule has 3 rings (SSSR count). The maximum atomic E-state index is 6.27. The van der Waals surface area contributed by atoms with Crippen LogP contribution in [-0.2, 0) is 15.9 Å². The minimum atomic E-state index is -1.68. The van der Waals surface area contributed by atoms with Gasteiger partial charge in [-0.3, -0.25) is 0 Å². The highest BCUT2D eigenvalue weighted by molar-refractivity contribution is 14.2. The molecule has 0 unspecified atom stereocenters. The first-order valence-corrected chi connectivity index (χ1v) is 25.4. The van der Waals surface area contributed by atoms with Crippen LogP contribution in [0.4, 0.5) is 0 Å². The molecule has 2 nitrogen and oxygen atoms in total. The first kappa shape index (κ1) is 43.9. The lowest BCUT2D eigenvalue weighted by atomic mass is 10.1. The lowest BCUT2D eigenvalue weighted by Crippen LogP contribution is -2.26. The Kier molecular flexibility index (Phi) is 24.9. The van der Waals surface area contributed by atoms with Gasteiger partial charge in [-0.2, -0.15) is 0 Å². The van der Waals surface area contributed by atoms with E-state index in [-0.39, 0.29) is 6.29 Å². The maximum absolute atomic E-state index is 6.27. The van der Waals surface area contributed by atoms with Crippen molar-refractivity contribution in [1.82, 2.24) is 0 Å². The van der Waals surface area contributed by atoms with Gasteiger partial charge in [0.25, 0.3) is 0 Å². The summed E-state index contributed by atoms with van der Waals surface area (Å²) in [7, 11) is 0. The van der Waals surface area contributed by atoms with Crippen LogP contribution in [0.15, 0.2) is 97.1 Å². The van der Waals surface area contributed by atoms with Gasteiger partial charge in [0.2, 0.25) is 0 Å². The van der Waals surface area contributed by atoms with E-state index in [4.69, 9.17) is 9.47 Å². The van der Waals surface area contributed by atoms with Crippen molar-refractivity contribution < 1.29 is 9.47 Å². The Morgan fingerprint density at radius 3 is 1.43 bits per heavy atom. The summed E-state index contributed by atoms with van der Waals surface area (Å²) in [6, 6.07) is 31.6. The van der Waals surface area contributed by atoms with Gasteiger partial charge in [0.05, 0.1) is 0 Å². The molecule has 0 heterocycles. The number of allylic oxidation sites excluding steroid dienone is 2. The molecule has 51 heavy (non-hydrogen) atoms. The minimum absolute atomic E-state index is 0.0124. The molecule has 4 heteroatoms. The van der Waals surface area contributed by atoms with E-state index in [1.807, 2.05) is 0 Å². The molecule has 0 aliphatic carbocycles. The molecular weight excluding hydrogens is 754 g/mol. The summed E-state index contributed by atoms with van der Waals surface area (Å²) in [5.74, 6) is 0. The van der Waals surface area contributed by atoms with E-state index >= 15 is 0 Å². The lowest BCUT2D eigenvalue weighted by Gasteiger charge is -2.20. The van der Waals surface area contributed by atoms with Gasteiger partial charge in [0, 0.05) is 13.2 Å². The molecule has 0 bridgehead atoms. The van der Waals surface area contributed by atoms with Gasteiger partial charge in [0.1, 0.15) is 15.9 Å². The second-order valence-corrected chi connectivity index (χ2v) is 21.4. The van der Waals surface area contributed by atoms with Crippen LogP contribution in [0.5, 0.6) is 0 Å². The van der Waals surface area contributed by atoms with Gasteiger partial charge in [-0.05, 0) is 99.7 Å². The summed E-state index contributed by atoms with van der Waals surface area (Å²) in [5.41, 5.74) is 1.44. The normalized spacial score (nSPS) is 12.0. The Bertz CT molecular complexity index is 1190. The Balaban J connectivity index is 1.31. The van der Waals surface area contributed by atoms with Crippen LogP contribution in [0.2, 0.25) is 0 Å². The Labute approximate surface area is 327 Å². The summed E-state index contributed by atoms with van der Waals surface area (Å²) in [5, 5.41) is 4.29. The molecule has 0 amide bonds. The second kappa shape index (κ2) is 28.9. The lowest BCUT2D eigenvalue weighted by molar-refractivity contribution is -0.148. The van der Waals surface area contributed by atoms with Crippen LogP contribution in [0.1, 0.15) is 154 Å². The molecule has 0 saturated heterocycles. The molecule has 3 aromatic rings. The van der Waals surface area contributed by atoms with Crippen molar-refractivity contribution in [2.75, 3.05) is 13.2 Å². The molecule has 0 saturated carbocycles. The molecular formula is C47H71IO2P+. The molecule has 0 aliphatic heterocycles. The van der Waals surface area contributed by atoms with Gasteiger partial charge in [-0.15, -0.1) is 0 Å². The quantitative estimate of drug-likeness (QED) is 0.0212. The van der Waals surface area contributed by atoms with Crippen LogP contribution in [0, 0.1) is 0 Å². The second-order valence-electron chi connectivity index (χ2n) is 14.3. The fourth-order valence-electron chi connectivity index (χ4n) is 6.75. The van der Waals surface area contributed by atoms with E-state index in [9.17, 15) is 0 Å². The summed E-state index contributed by atoms with van der Waals surface area (Å²) in [4.78, 5) is -1.68. The third-order valence-electron chi connectivity index (χ3n) is 9.93. The van der Waals surface area contributed by atoms with E-state index in [2.05, 4.69) is 133 Å². The highest BCUT2D eigenvalue weighted by Gasteiger charge is 2.43. The predicted molar refractivity (Wildman–Crippen MR) is 236 cm³/mol. The van der Waals surface area contributed by atoms with Crippen molar-refractivity contribution in [2.24, 2.45) is 0 Å². The first-order valence-electron chi connectivity index (χ1n) is 20.9. The molecule has 0 N–H and O–H groups in total. The third kappa shape index (κ3) is 18.4. The molecule has 282 valence electrons. The smallest absolute Gasteiger partial charge is 0.173 e. The van der Waals surface area contributed by atoms with Crippen LogP contribution in [0.3, 0.4) is 0 Å². The van der Waals surface area contributed by atoms with Crippen molar-refractivity contribution in [1.29, 1.82) is 0 Å². The molecule has 0 fully saturated rings. The molecule has 0 spiro atoms. The van der Waals surface area contributed by atoms with Crippen LogP contribution in [-0.4, -0.2) is 19.5 Å². The van der Waals surface area contributed by atoms with Crippen LogP contribution in [0.25, 0.3) is 0 Å². The molecule has 0 aromatic heterocycles. The Morgan fingerprint density at radius 2 is 0.922 bits per heavy atom. The maximum Gasteiger partial charge on any atom is 0.173 e.